The molecule has 0 amide bonds. The van der Waals surface area contributed by atoms with E-state index in [4.69, 9.17) is 10.6 Å². The molecule has 0 aliphatic carbocycles. The van der Waals surface area contributed by atoms with E-state index in [1.54, 1.807) is 35.7 Å². The highest BCUT2D eigenvalue weighted by atomic mass is 32.2. The number of nitrogens with two attached hydrogens (primary N) is 1. The molecular formula is C13H21N3O3S. The zero-order valence-electron chi connectivity index (χ0n) is 11.6. The molecule has 0 radical (unpaired) electrons. The van der Waals surface area contributed by atoms with Gasteiger partial charge in [-0.15, -0.1) is 0 Å². The van der Waals surface area contributed by atoms with Crippen LogP contribution in [0.4, 0.5) is 5.69 Å². The largest absolute Gasteiger partial charge is 0.384 e. The number of nitrogens with zero attached hydrogens (tertiary/aromatic N) is 1. The SMILES string of the molecule is COCC1CCN(S(=O)(=O)c2ccc(NN)cc2)CC1. The smallest absolute Gasteiger partial charge is 0.243 e. The number of nitrogens with one attached hydrogen (secondary N) is 1. The van der Waals surface area contributed by atoms with E-state index in [9.17, 15) is 8.42 Å². The topological polar surface area (TPSA) is 84.7 Å². The second kappa shape index (κ2) is 6.53. The molecule has 1 fully saturated rings. The molecule has 1 aromatic carbocycles. The number of piperidine rings is 1. The van der Waals surface area contributed by atoms with Crippen molar-refractivity contribution >= 4 is 15.7 Å². The van der Waals surface area contributed by atoms with Crippen molar-refractivity contribution in [3.05, 3.63) is 24.3 Å². The van der Waals surface area contributed by atoms with Gasteiger partial charge in [0.15, 0.2) is 0 Å². The monoisotopic (exact) mass is 299 g/mol. The van der Waals surface area contributed by atoms with Crippen molar-refractivity contribution in [3.8, 4) is 0 Å². The van der Waals surface area contributed by atoms with Gasteiger partial charge in [-0.2, -0.15) is 4.31 Å². The van der Waals surface area contributed by atoms with Crippen LogP contribution in [0.2, 0.25) is 0 Å². The summed E-state index contributed by atoms with van der Waals surface area (Å²) in [5.41, 5.74) is 3.17. The van der Waals surface area contributed by atoms with Crippen LogP contribution in [0, 0.1) is 5.92 Å². The summed E-state index contributed by atoms with van der Waals surface area (Å²) < 4.78 is 31.7. The van der Waals surface area contributed by atoms with E-state index >= 15 is 0 Å². The first-order valence-electron chi connectivity index (χ1n) is 6.63. The van der Waals surface area contributed by atoms with E-state index < -0.39 is 10.0 Å². The third-order valence-electron chi connectivity index (χ3n) is 3.63. The number of rotatable bonds is 5. The van der Waals surface area contributed by atoms with Crippen LogP contribution in [0.15, 0.2) is 29.2 Å². The average molecular weight is 299 g/mol. The van der Waals surface area contributed by atoms with Crippen molar-refractivity contribution in [2.75, 3.05) is 32.2 Å². The lowest BCUT2D eigenvalue weighted by Gasteiger charge is -2.30. The minimum Gasteiger partial charge on any atom is -0.384 e. The van der Waals surface area contributed by atoms with Gasteiger partial charge in [-0.3, -0.25) is 5.84 Å². The quantitative estimate of drug-likeness (QED) is 0.626. The second-order valence-electron chi connectivity index (χ2n) is 4.97. The fraction of sp³-hybridized carbons (Fsp3) is 0.538. The number of nitrogen functional groups attached to an aromatic ring is 1. The molecule has 1 saturated heterocycles. The molecular weight excluding hydrogens is 278 g/mol. The summed E-state index contributed by atoms with van der Waals surface area (Å²) in [5, 5.41) is 0. The Bertz CT molecular complexity index is 522. The molecule has 0 spiro atoms. The zero-order valence-corrected chi connectivity index (χ0v) is 12.4. The summed E-state index contributed by atoms with van der Waals surface area (Å²) in [6, 6.07) is 6.46. The number of anilines is 1. The van der Waals surface area contributed by atoms with Gasteiger partial charge >= 0.3 is 0 Å². The van der Waals surface area contributed by atoms with E-state index in [1.807, 2.05) is 0 Å². The van der Waals surface area contributed by atoms with E-state index in [0.717, 1.165) is 12.8 Å². The molecule has 0 unspecified atom stereocenters. The summed E-state index contributed by atoms with van der Waals surface area (Å²) in [6.45, 7) is 1.80. The normalized spacial score (nSPS) is 18.1. The molecule has 1 aliphatic rings. The van der Waals surface area contributed by atoms with Gasteiger partial charge < -0.3 is 10.2 Å². The first-order chi connectivity index (χ1) is 9.57. The maximum atomic E-state index is 12.5. The Hall–Kier alpha value is -1.15. The molecule has 1 aliphatic heterocycles. The van der Waals surface area contributed by atoms with Crippen molar-refractivity contribution in [2.45, 2.75) is 17.7 Å². The average Bonchev–Trinajstić information content (AvgIpc) is 2.48. The van der Waals surface area contributed by atoms with Crippen molar-refractivity contribution in [2.24, 2.45) is 11.8 Å². The summed E-state index contributed by atoms with van der Waals surface area (Å²) in [4.78, 5) is 0.307. The fourth-order valence-corrected chi connectivity index (χ4v) is 3.89. The van der Waals surface area contributed by atoms with Gasteiger partial charge in [0.2, 0.25) is 10.0 Å². The van der Waals surface area contributed by atoms with E-state index in [1.165, 1.54) is 0 Å². The molecule has 1 aromatic rings. The number of benzene rings is 1. The lowest BCUT2D eigenvalue weighted by Crippen LogP contribution is -2.39. The number of hydrogen-bond donors (Lipinski definition) is 2. The minimum absolute atomic E-state index is 0.307. The first-order valence-corrected chi connectivity index (χ1v) is 8.07. The van der Waals surface area contributed by atoms with Crippen molar-refractivity contribution < 1.29 is 13.2 Å². The van der Waals surface area contributed by atoms with Crippen molar-refractivity contribution in [1.29, 1.82) is 0 Å². The maximum Gasteiger partial charge on any atom is 0.243 e. The van der Waals surface area contributed by atoms with Gasteiger partial charge in [-0.05, 0) is 43.0 Å². The Balaban J connectivity index is 2.07. The van der Waals surface area contributed by atoms with Crippen LogP contribution < -0.4 is 11.3 Å². The highest BCUT2D eigenvalue weighted by molar-refractivity contribution is 7.89. The van der Waals surface area contributed by atoms with E-state index in [0.29, 0.717) is 36.2 Å². The molecule has 0 atom stereocenters. The van der Waals surface area contributed by atoms with Crippen LogP contribution in [0.25, 0.3) is 0 Å². The Labute approximate surface area is 119 Å². The van der Waals surface area contributed by atoms with Gasteiger partial charge in [0.05, 0.1) is 4.90 Å². The lowest BCUT2D eigenvalue weighted by molar-refractivity contribution is 0.121. The summed E-state index contributed by atoms with van der Waals surface area (Å²) in [6.07, 6.45) is 1.69. The Morgan fingerprint density at radius 1 is 1.30 bits per heavy atom. The van der Waals surface area contributed by atoms with Crippen molar-refractivity contribution in [1.82, 2.24) is 4.31 Å². The third kappa shape index (κ3) is 3.29. The standard InChI is InChI=1S/C13H21N3O3S/c1-19-10-11-6-8-16(9-7-11)20(17,18)13-4-2-12(15-14)3-5-13/h2-5,11,15H,6-10,14H2,1H3. The van der Waals surface area contributed by atoms with Gasteiger partial charge in [0.25, 0.3) is 0 Å². The Morgan fingerprint density at radius 2 is 1.90 bits per heavy atom. The molecule has 112 valence electrons. The van der Waals surface area contributed by atoms with E-state index in [2.05, 4.69) is 5.43 Å². The lowest BCUT2D eigenvalue weighted by atomic mass is 9.99. The summed E-state index contributed by atoms with van der Waals surface area (Å²) in [7, 11) is -1.72. The van der Waals surface area contributed by atoms with Crippen LogP contribution >= 0.6 is 0 Å². The van der Waals surface area contributed by atoms with Gasteiger partial charge in [-0.1, -0.05) is 0 Å². The van der Waals surface area contributed by atoms with Gasteiger partial charge in [0, 0.05) is 32.5 Å². The van der Waals surface area contributed by atoms with Crippen LogP contribution in [-0.2, 0) is 14.8 Å². The number of hydrogen-bond acceptors (Lipinski definition) is 5. The molecule has 6 nitrogen and oxygen atoms in total. The molecule has 3 N–H and O–H groups in total. The van der Waals surface area contributed by atoms with E-state index in [-0.39, 0.29) is 0 Å². The number of hydrazine groups is 1. The van der Waals surface area contributed by atoms with Crippen LogP contribution in [0.5, 0.6) is 0 Å². The van der Waals surface area contributed by atoms with Crippen molar-refractivity contribution in [3.63, 3.8) is 0 Å². The number of methoxy groups -OCH3 is 1. The molecule has 1 heterocycles. The minimum atomic E-state index is -3.40. The molecule has 0 bridgehead atoms. The summed E-state index contributed by atoms with van der Waals surface area (Å²) >= 11 is 0. The Kier molecular flexibility index (Phi) is 4.98. The molecule has 7 heteroatoms. The summed E-state index contributed by atoms with van der Waals surface area (Å²) in [5.74, 6) is 5.73. The zero-order chi connectivity index (χ0) is 14.6. The van der Waals surface area contributed by atoms with Gasteiger partial charge in [0.1, 0.15) is 0 Å². The molecule has 20 heavy (non-hydrogen) atoms. The second-order valence-corrected chi connectivity index (χ2v) is 6.91. The Morgan fingerprint density at radius 3 is 2.40 bits per heavy atom. The predicted octanol–water partition coefficient (Wildman–Crippen LogP) is 1.02. The fourth-order valence-electron chi connectivity index (χ4n) is 2.42. The van der Waals surface area contributed by atoms with Crippen LogP contribution in [-0.4, -0.2) is 39.5 Å². The van der Waals surface area contributed by atoms with Crippen LogP contribution in [0.1, 0.15) is 12.8 Å². The van der Waals surface area contributed by atoms with Gasteiger partial charge in [-0.25, -0.2) is 8.42 Å². The molecule has 0 aromatic heterocycles. The maximum absolute atomic E-state index is 12.5. The third-order valence-corrected chi connectivity index (χ3v) is 5.55. The first kappa shape index (κ1) is 15.2. The van der Waals surface area contributed by atoms with Crippen LogP contribution in [0.3, 0.4) is 0 Å². The highest BCUT2D eigenvalue weighted by Crippen LogP contribution is 2.24. The molecule has 2 rings (SSSR count). The highest BCUT2D eigenvalue weighted by Gasteiger charge is 2.29. The molecule has 0 saturated carbocycles. The number of sulfonamides is 1. The predicted molar refractivity (Wildman–Crippen MR) is 77.6 cm³/mol. The number of ether oxygens (including phenoxy) is 1.